The smallest absolute Gasteiger partial charge is 0.375 e. The molecule has 1 heterocycles. The molecule has 0 aliphatic carbocycles. The zero-order valence-corrected chi connectivity index (χ0v) is 11.2. The Bertz CT molecular complexity index is 657. The molecule has 0 saturated carbocycles. The number of nitrogens with zero attached hydrogens (tertiary/aromatic N) is 1. The summed E-state index contributed by atoms with van der Waals surface area (Å²) in [6.45, 7) is 0. The third kappa shape index (κ3) is 3.20. The predicted octanol–water partition coefficient (Wildman–Crippen LogP) is 3.65. The van der Waals surface area contributed by atoms with Gasteiger partial charge in [0.2, 0.25) is 0 Å². The first-order valence-corrected chi connectivity index (χ1v) is 6.42. The number of nitrogens with one attached hydrogen (secondary N) is 1. The van der Waals surface area contributed by atoms with Crippen molar-refractivity contribution in [2.45, 2.75) is 6.18 Å². The largest absolute Gasteiger partial charge is 0.418 e. The second-order valence-corrected chi connectivity index (χ2v) is 5.04. The number of hydrogen-bond acceptors (Lipinski definition) is 4. The second kappa shape index (κ2) is 5.29. The number of hydrogen-bond donors (Lipinski definition) is 2. The van der Waals surface area contributed by atoms with E-state index in [-0.39, 0.29) is 15.8 Å². The molecule has 1 aromatic carbocycles. The third-order valence-electron chi connectivity index (χ3n) is 2.29. The number of carbonyl (C=O) groups excluding carboxylic acids is 1. The highest BCUT2D eigenvalue weighted by Crippen LogP contribution is 2.36. The molecule has 0 atom stereocenters. The maximum Gasteiger partial charge on any atom is 0.418 e. The van der Waals surface area contributed by atoms with Crippen LogP contribution in [0.4, 0.5) is 24.0 Å². The molecule has 2 aromatic rings. The second-order valence-electron chi connectivity index (χ2n) is 3.71. The first-order valence-electron chi connectivity index (χ1n) is 5.16. The van der Waals surface area contributed by atoms with Crippen LogP contribution in [0.2, 0.25) is 5.02 Å². The Hall–Kier alpha value is -1.80. The van der Waals surface area contributed by atoms with Crippen molar-refractivity contribution in [3.8, 4) is 0 Å². The van der Waals surface area contributed by atoms with Gasteiger partial charge in [-0.2, -0.15) is 13.2 Å². The van der Waals surface area contributed by atoms with Crippen molar-refractivity contribution in [1.82, 2.24) is 4.98 Å². The van der Waals surface area contributed by atoms with Gasteiger partial charge in [0.25, 0.3) is 5.91 Å². The number of carbonyl (C=O) groups is 1. The highest BCUT2D eigenvalue weighted by Gasteiger charge is 2.34. The Kier molecular flexibility index (Phi) is 3.87. The van der Waals surface area contributed by atoms with Crippen LogP contribution in [0.25, 0.3) is 0 Å². The summed E-state index contributed by atoms with van der Waals surface area (Å²) in [5.41, 5.74) is 3.90. The van der Waals surface area contributed by atoms with Crippen LogP contribution in [0.3, 0.4) is 0 Å². The highest BCUT2D eigenvalue weighted by atomic mass is 35.5. The van der Waals surface area contributed by atoms with E-state index in [0.29, 0.717) is 0 Å². The molecule has 0 aliphatic rings. The van der Waals surface area contributed by atoms with Gasteiger partial charge in [-0.1, -0.05) is 11.6 Å². The van der Waals surface area contributed by atoms with E-state index in [1.165, 1.54) is 11.4 Å². The minimum absolute atomic E-state index is 0.0458. The van der Waals surface area contributed by atoms with Gasteiger partial charge in [0.1, 0.15) is 5.69 Å². The Labute approximate surface area is 120 Å². The van der Waals surface area contributed by atoms with Gasteiger partial charge < -0.3 is 11.1 Å². The van der Waals surface area contributed by atoms with E-state index in [1.807, 2.05) is 0 Å². The fraction of sp³-hybridized carbons (Fsp3) is 0.0909. The summed E-state index contributed by atoms with van der Waals surface area (Å²) in [7, 11) is 0. The molecule has 0 aliphatic heterocycles. The van der Waals surface area contributed by atoms with Crippen molar-refractivity contribution in [3.05, 3.63) is 39.9 Å². The molecule has 4 nitrogen and oxygen atoms in total. The van der Waals surface area contributed by atoms with E-state index >= 15 is 0 Å². The van der Waals surface area contributed by atoms with E-state index < -0.39 is 23.3 Å². The molecule has 2 rings (SSSR count). The van der Waals surface area contributed by atoms with Crippen LogP contribution in [0.15, 0.2) is 23.6 Å². The van der Waals surface area contributed by atoms with Crippen molar-refractivity contribution in [2.24, 2.45) is 0 Å². The number of benzene rings is 1. The lowest BCUT2D eigenvalue weighted by Gasteiger charge is -2.13. The van der Waals surface area contributed by atoms with Gasteiger partial charge in [0, 0.05) is 10.4 Å². The van der Waals surface area contributed by atoms with Gasteiger partial charge in [-0.3, -0.25) is 4.79 Å². The summed E-state index contributed by atoms with van der Waals surface area (Å²) >= 11 is 6.56. The summed E-state index contributed by atoms with van der Waals surface area (Å²) in [5.74, 6) is -0.772. The first kappa shape index (κ1) is 14.6. The van der Waals surface area contributed by atoms with Gasteiger partial charge in [0.05, 0.1) is 11.3 Å². The van der Waals surface area contributed by atoms with Crippen molar-refractivity contribution in [2.75, 3.05) is 11.1 Å². The fourth-order valence-corrected chi connectivity index (χ4v) is 2.15. The zero-order valence-electron chi connectivity index (χ0n) is 9.66. The molecule has 0 unspecified atom stereocenters. The number of amides is 1. The molecule has 0 radical (unpaired) electrons. The number of thiazole rings is 1. The van der Waals surface area contributed by atoms with Crippen LogP contribution < -0.4 is 11.1 Å². The number of anilines is 2. The van der Waals surface area contributed by atoms with E-state index in [1.54, 1.807) is 0 Å². The van der Waals surface area contributed by atoms with Crippen LogP contribution in [-0.4, -0.2) is 10.9 Å². The average molecular weight is 322 g/mol. The lowest BCUT2D eigenvalue weighted by atomic mass is 10.1. The van der Waals surface area contributed by atoms with Crippen molar-refractivity contribution >= 4 is 39.7 Å². The summed E-state index contributed by atoms with van der Waals surface area (Å²) in [4.78, 5) is 15.5. The summed E-state index contributed by atoms with van der Waals surface area (Å²) in [6, 6.07) is 3.08. The minimum Gasteiger partial charge on any atom is -0.375 e. The quantitative estimate of drug-likeness (QED) is 0.887. The van der Waals surface area contributed by atoms with Gasteiger partial charge in [-0.05, 0) is 18.2 Å². The molecule has 9 heteroatoms. The molecule has 0 spiro atoms. The standard InChI is InChI=1S/C11H7ClF3N3OS/c12-5-1-2-7(6(3-5)11(13,14)15)17-9(19)8-4-20-10(16)18-8/h1-4H,(H2,16,18)(H,17,19). The van der Waals surface area contributed by atoms with Crippen LogP contribution in [0.1, 0.15) is 16.1 Å². The Balaban J connectivity index is 2.32. The highest BCUT2D eigenvalue weighted by molar-refractivity contribution is 7.13. The maximum atomic E-state index is 12.8. The Morgan fingerprint density at radius 2 is 2.10 bits per heavy atom. The monoisotopic (exact) mass is 321 g/mol. The van der Waals surface area contributed by atoms with Crippen molar-refractivity contribution < 1.29 is 18.0 Å². The molecule has 0 bridgehead atoms. The van der Waals surface area contributed by atoms with Gasteiger partial charge >= 0.3 is 6.18 Å². The summed E-state index contributed by atoms with van der Waals surface area (Å²) in [5, 5.41) is 3.58. The van der Waals surface area contributed by atoms with Gasteiger partial charge in [-0.15, -0.1) is 11.3 Å². The lowest BCUT2D eigenvalue weighted by molar-refractivity contribution is -0.136. The Morgan fingerprint density at radius 1 is 1.40 bits per heavy atom. The topological polar surface area (TPSA) is 68.0 Å². The number of nitrogens with two attached hydrogens (primary N) is 1. The van der Waals surface area contributed by atoms with Crippen molar-refractivity contribution in [1.29, 1.82) is 0 Å². The molecular formula is C11H7ClF3N3OS. The fourth-order valence-electron chi connectivity index (χ4n) is 1.44. The Morgan fingerprint density at radius 3 is 2.65 bits per heavy atom. The SMILES string of the molecule is Nc1nc(C(=O)Nc2ccc(Cl)cc2C(F)(F)F)cs1. The van der Waals surface area contributed by atoms with Gasteiger partial charge in [0.15, 0.2) is 5.13 Å². The van der Waals surface area contributed by atoms with Gasteiger partial charge in [-0.25, -0.2) is 4.98 Å². The maximum absolute atomic E-state index is 12.8. The van der Waals surface area contributed by atoms with E-state index in [4.69, 9.17) is 17.3 Å². The molecule has 0 fully saturated rings. The van der Waals surface area contributed by atoms with Crippen LogP contribution in [-0.2, 0) is 6.18 Å². The van der Waals surface area contributed by atoms with Crippen LogP contribution in [0.5, 0.6) is 0 Å². The molecule has 3 N–H and O–H groups in total. The molecule has 1 aromatic heterocycles. The summed E-state index contributed by atoms with van der Waals surface area (Å²) in [6.07, 6.45) is -4.63. The van der Waals surface area contributed by atoms with E-state index in [9.17, 15) is 18.0 Å². The molecular weight excluding hydrogens is 315 g/mol. The lowest BCUT2D eigenvalue weighted by Crippen LogP contribution is -2.17. The number of aromatic nitrogens is 1. The average Bonchev–Trinajstić information content (AvgIpc) is 2.77. The molecule has 1 amide bonds. The molecule has 0 saturated heterocycles. The first-order chi connectivity index (χ1) is 9.27. The number of alkyl halides is 3. The van der Waals surface area contributed by atoms with Crippen LogP contribution >= 0.6 is 22.9 Å². The van der Waals surface area contributed by atoms with Crippen molar-refractivity contribution in [3.63, 3.8) is 0 Å². The van der Waals surface area contributed by atoms with E-state index in [0.717, 1.165) is 23.5 Å². The number of nitrogen functional groups attached to an aromatic ring is 1. The third-order valence-corrected chi connectivity index (χ3v) is 3.20. The molecule has 20 heavy (non-hydrogen) atoms. The normalized spacial score (nSPS) is 11.4. The molecule has 106 valence electrons. The predicted molar refractivity (Wildman–Crippen MR) is 70.9 cm³/mol. The number of halogens is 4. The zero-order chi connectivity index (χ0) is 14.9. The van der Waals surface area contributed by atoms with Crippen LogP contribution in [0, 0.1) is 0 Å². The van der Waals surface area contributed by atoms with E-state index in [2.05, 4.69) is 10.3 Å². The minimum atomic E-state index is -4.63. The number of rotatable bonds is 2. The summed E-state index contributed by atoms with van der Waals surface area (Å²) < 4.78 is 38.5.